The molecule has 1 heterocycles. The van der Waals surface area contributed by atoms with Crippen LogP contribution in [0.5, 0.6) is 0 Å². The minimum atomic E-state index is -0.610. The van der Waals surface area contributed by atoms with Crippen LogP contribution in [0.25, 0.3) is 0 Å². The van der Waals surface area contributed by atoms with Gasteiger partial charge in [0, 0.05) is 6.04 Å². The maximum atomic E-state index is 12.1. The first-order valence-corrected chi connectivity index (χ1v) is 7.81. The maximum Gasteiger partial charge on any atom is 0.284 e. The van der Waals surface area contributed by atoms with Gasteiger partial charge in [-0.1, -0.05) is 30.3 Å². The van der Waals surface area contributed by atoms with Crippen molar-refractivity contribution in [2.24, 2.45) is 0 Å². The normalized spacial score (nSPS) is 11.7. The molecule has 0 saturated carbocycles. The second-order valence-electron chi connectivity index (χ2n) is 5.00. The van der Waals surface area contributed by atoms with Crippen LogP contribution in [0.15, 0.2) is 42.5 Å². The van der Waals surface area contributed by atoms with Crippen LogP contribution in [0.3, 0.4) is 0 Å². The lowest BCUT2D eigenvalue weighted by Crippen LogP contribution is -2.32. The van der Waals surface area contributed by atoms with Crippen LogP contribution in [-0.2, 0) is 6.42 Å². The van der Waals surface area contributed by atoms with Crippen molar-refractivity contribution in [2.45, 2.75) is 25.8 Å². The van der Waals surface area contributed by atoms with Crippen molar-refractivity contribution in [1.82, 2.24) is 10.8 Å². The van der Waals surface area contributed by atoms with E-state index in [-0.39, 0.29) is 11.9 Å². The quantitative estimate of drug-likeness (QED) is 0.566. The minimum Gasteiger partial charge on any atom is -0.349 e. The van der Waals surface area contributed by atoms with Crippen LogP contribution in [0.4, 0.5) is 0 Å². The summed E-state index contributed by atoms with van der Waals surface area (Å²) in [5, 5.41) is 11.5. The molecule has 2 aromatic rings. The molecule has 0 radical (unpaired) electrons. The fraction of sp³-hybridized carbons (Fsp3) is 0.250. The first-order valence-electron chi connectivity index (χ1n) is 6.99. The van der Waals surface area contributed by atoms with Gasteiger partial charge >= 0.3 is 0 Å². The van der Waals surface area contributed by atoms with E-state index < -0.39 is 5.91 Å². The summed E-state index contributed by atoms with van der Waals surface area (Å²) >= 11 is 1.05. The lowest BCUT2D eigenvalue weighted by molar-refractivity contribution is 0.0711. The van der Waals surface area contributed by atoms with Crippen molar-refractivity contribution < 1.29 is 14.8 Å². The zero-order chi connectivity index (χ0) is 15.9. The number of thiophene rings is 1. The molecule has 5 nitrogen and oxygen atoms in total. The van der Waals surface area contributed by atoms with Crippen LogP contribution >= 0.6 is 11.3 Å². The second-order valence-corrected chi connectivity index (χ2v) is 6.09. The summed E-state index contributed by atoms with van der Waals surface area (Å²) in [6, 6.07) is 13.2. The molecule has 6 heteroatoms. The van der Waals surface area contributed by atoms with Gasteiger partial charge in [-0.2, -0.15) is 0 Å². The van der Waals surface area contributed by atoms with Crippen LogP contribution in [-0.4, -0.2) is 23.1 Å². The lowest BCUT2D eigenvalue weighted by Gasteiger charge is -2.13. The van der Waals surface area contributed by atoms with Crippen LogP contribution in [0.2, 0.25) is 0 Å². The van der Waals surface area contributed by atoms with E-state index in [2.05, 4.69) is 17.4 Å². The second kappa shape index (κ2) is 7.72. The predicted octanol–water partition coefficient (Wildman–Crippen LogP) is 2.62. The highest BCUT2D eigenvalue weighted by atomic mass is 32.1. The number of carbonyl (C=O) groups is 2. The number of amides is 2. The Bertz CT molecular complexity index is 640. The maximum absolute atomic E-state index is 12.1. The van der Waals surface area contributed by atoms with Gasteiger partial charge in [0.15, 0.2) is 0 Å². The molecule has 1 atom stereocenters. The van der Waals surface area contributed by atoms with Gasteiger partial charge in [-0.15, -0.1) is 11.3 Å². The van der Waals surface area contributed by atoms with Crippen LogP contribution < -0.4 is 10.8 Å². The molecule has 22 heavy (non-hydrogen) atoms. The third kappa shape index (κ3) is 4.41. The number of rotatable bonds is 6. The number of carbonyl (C=O) groups excluding carboxylic acids is 2. The van der Waals surface area contributed by atoms with E-state index in [1.165, 1.54) is 11.6 Å². The third-order valence-electron chi connectivity index (χ3n) is 3.24. The first kappa shape index (κ1) is 16.2. The molecule has 0 bridgehead atoms. The SMILES string of the molecule is CC(CCc1ccccc1)NC(=O)c1ccc(C(=O)NO)s1. The Kier molecular flexibility index (Phi) is 5.68. The smallest absolute Gasteiger partial charge is 0.284 e. The number of hydrogen-bond acceptors (Lipinski definition) is 4. The molecular weight excluding hydrogens is 300 g/mol. The molecule has 1 unspecified atom stereocenters. The minimum absolute atomic E-state index is 0.0323. The van der Waals surface area contributed by atoms with Crippen LogP contribution in [0, 0.1) is 0 Å². The van der Waals surface area contributed by atoms with Gasteiger partial charge in [0.2, 0.25) is 0 Å². The molecule has 1 aromatic carbocycles. The zero-order valence-electron chi connectivity index (χ0n) is 12.2. The lowest BCUT2D eigenvalue weighted by atomic mass is 10.1. The average Bonchev–Trinajstić information content (AvgIpc) is 3.03. The topological polar surface area (TPSA) is 78.4 Å². The summed E-state index contributed by atoms with van der Waals surface area (Å²) in [6.07, 6.45) is 1.73. The van der Waals surface area contributed by atoms with Crippen LogP contribution in [0.1, 0.15) is 38.3 Å². The number of hydroxylamine groups is 1. The van der Waals surface area contributed by atoms with Crippen molar-refractivity contribution in [1.29, 1.82) is 0 Å². The molecule has 2 amide bonds. The molecule has 116 valence electrons. The number of benzene rings is 1. The van der Waals surface area contributed by atoms with Crippen molar-refractivity contribution in [3.05, 3.63) is 57.8 Å². The van der Waals surface area contributed by atoms with E-state index >= 15 is 0 Å². The van der Waals surface area contributed by atoms with Crippen molar-refractivity contribution >= 4 is 23.2 Å². The van der Waals surface area contributed by atoms with Gasteiger partial charge in [0.05, 0.1) is 9.75 Å². The molecule has 0 aliphatic heterocycles. The highest BCUT2D eigenvalue weighted by Gasteiger charge is 2.15. The van der Waals surface area contributed by atoms with Gasteiger partial charge in [-0.25, -0.2) is 5.48 Å². The Morgan fingerprint density at radius 2 is 1.73 bits per heavy atom. The van der Waals surface area contributed by atoms with Gasteiger partial charge in [-0.05, 0) is 37.5 Å². The molecule has 0 fully saturated rings. The van der Waals surface area contributed by atoms with E-state index in [4.69, 9.17) is 5.21 Å². The molecular formula is C16H18N2O3S. The summed E-state index contributed by atoms with van der Waals surface area (Å²) < 4.78 is 0. The summed E-state index contributed by atoms with van der Waals surface area (Å²) in [7, 11) is 0. The van der Waals surface area contributed by atoms with Gasteiger partial charge in [-0.3, -0.25) is 14.8 Å². The van der Waals surface area contributed by atoms with E-state index in [0.29, 0.717) is 9.75 Å². The average molecular weight is 318 g/mol. The molecule has 2 rings (SSSR count). The highest BCUT2D eigenvalue weighted by molar-refractivity contribution is 7.15. The Balaban J connectivity index is 1.85. The zero-order valence-corrected chi connectivity index (χ0v) is 13.0. The third-order valence-corrected chi connectivity index (χ3v) is 4.32. The molecule has 0 saturated heterocycles. The Hall–Kier alpha value is -2.18. The molecule has 0 aliphatic rings. The summed E-state index contributed by atoms with van der Waals surface area (Å²) in [4.78, 5) is 24.1. The number of nitrogens with one attached hydrogen (secondary N) is 2. The molecule has 0 aliphatic carbocycles. The van der Waals surface area contributed by atoms with Gasteiger partial charge < -0.3 is 5.32 Å². The summed E-state index contributed by atoms with van der Waals surface area (Å²) in [6.45, 7) is 1.95. The van der Waals surface area contributed by atoms with Crippen molar-refractivity contribution in [3.63, 3.8) is 0 Å². The Labute approximate surface area is 132 Å². The standard InChI is InChI=1S/C16H18N2O3S/c1-11(7-8-12-5-3-2-4-6-12)17-15(19)13-9-10-14(22-13)16(20)18-21/h2-6,9-11,21H,7-8H2,1H3,(H,17,19)(H,18,20). The summed E-state index contributed by atoms with van der Waals surface area (Å²) in [5.74, 6) is -0.816. The Morgan fingerprint density at radius 3 is 2.36 bits per heavy atom. The van der Waals surface area contributed by atoms with Gasteiger partial charge in [0.25, 0.3) is 11.8 Å². The van der Waals surface area contributed by atoms with Crippen molar-refractivity contribution in [3.8, 4) is 0 Å². The van der Waals surface area contributed by atoms with E-state index in [1.54, 1.807) is 11.5 Å². The summed E-state index contributed by atoms with van der Waals surface area (Å²) in [5.41, 5.74) is 2.79. The fourth-order valence-electron chi connectivity index (χ4n) is 2.03. The van der Waals surface area contributed by atoms with Gasteiger partial charge in [0.1, 0.15) is 0 Å². The number of hydrogen-bond donors (Lipinski definition) is 3. The Morgan fingerprint density at radius 1 is 1.09 bits per heavy atom. The monoisotopic (exact) mass is 318 g/mol. The van der Waals surface area contributed by atoms with E-state index in [1.807, 2.05) is 25.1 Å². The van der Waals surface area contributed by atoms with Crippen molar-refractivity contribution in [2.75, 3.05) is 0 Å². The fourth-order valence-corrected chi connectivity index (χ4v) is 2.83. The van der Waals surface area contributed by atoms with E-state index in [9.17, 15) is 9.59 Å². The molecule has 0 spiro atoms. The predicted molar refractivity (Wildman–Crippen MR) is 85.3 cm³/mol. The largest absolute Gasteiger partial charge is 0.349 e. The molecule has 1 aromatic heterocycles. The first-order chi connectivity index (χ1) is 10.6. The van der Waals surface area contributed by atoms with E-state index in [0.717, 1.165) is 24.2 Å². The highest BCUT2D eigenvalue weighted by Crippen LogP contribution is 2.16. The molecule has 3 N–H and O–H groups in total. The number of aryl methyl sites for hydroxylation is 1.